The van der Waals surface area contributed by atoms with Crippen LogP contribution in [0.25, 0.3) is 0 Å². The van der Waals surface area contributed by atoms with E-state index in [0.717, 1.165) is 32.6 Å². The summed E-state index contributed by atoms with van der Waals surface area (Å²) in [7, 11) is 0. The van der Waals surface area contributed by atoms with Crippen molar-refractivity contribution < 1.29 is 4.74 Å². The summed E-state index contributed by atoms with van der Waals surface area (Å²) in [5.74, 6) is 0. The molecule has 1 rings (SSSR count). The van der Waals surface area contributed by atoms with Gasteiger partial charge in [0.15, 0.2) is 0 Å². The highest BCUT2D eigenvalue weighted by Crippen LogP contribution is 2.09. The van der Waals surface area contributed by atoms with Crippen LogP contribution in [0, 0.1) is 0 Å². The number of thiazole rings is 1. The zero-order valence-electron chi connectivity index (χ0n) is 9.53. The molecule has 0 bridgehead atoms. The highest BCUT2D eigenvalue weighted by molar-refractivity contribution is 7.09. The van der Waals surface area contributed by atoms with Gasteiger partial charge in [-0.25, -0.2) is 0 Å². The number of hydrogen-bond acceptors (Lipinski definition) is 4. The summed E-state index contributed by atoms with van der Waals surface area (Å²) < 4.78 is 5.46. The highest BCUT2D eigenvalue weighted by atomic mass is 32.1. The minimum absolute atomic E-state index is 0.422. The molecule has 1 atom stereocenters. The minimum Gasteiger partial charge on any atom is -0.380 e. The van der Waals surface area contributed by atoms with Gasteiger partial charge in [0, 0.05) is 30.1 Å². The zero-order valence-corrected chi connectivity index (χ0v) is 10.3. The van der Waals surface area contributed by atoms with E-state index in [1.54, 1.807) is 11.3 Å². The van der Waals surface area contributed by atoms with E-state index < -0.39 is 0 Å². The van der Waals surface area contributed by atoms with Crippen molar-refractivity contribution in [2.24, 2.45) is 0 Å². The number of ether oxygens (including phenoxy) is 1. The van der Waals surface area contributed by atoms with Gasteiger partial charge in [-0.2, -0.15) is 0 Å². The predicted molar refractivity (Wildman–Crippen MR) is 64.4 cm³/mol. The molecule has 0 aliphatic heterocycles. The summed E-state index contributed by atoms with van der Waals surface area (Å²) >= 11 is 1.71. The van der Waals surface area contributed by atoms with Crippen molar-refractivity contribution in [1.29, 1.82) is 0 Å². The predicted octanol–water partition coefficient (Wildman–Crippen LogP) is 2.09. The Hall–Kier alpha value is -0.450. The number of aromatic nitrogens is 1. The molecule has 1 heterocycles. The van der Waals surface area contributed by atoms with Gasteiger partial charge in [-0.3, -0.25) is 4.98 Å². The molecule has 4 heteroatoms. The molecule has 1 N–H and O–H groups in total. The van der Waals surface area contributed by atoms with Crippen molar-refractivity contribution in [2.75, 3.05) is 19.8 Å². The molecule has 1 aromatic heterocycles. The van der Waals surface area contributed by atoms with Gasteiger partial charge in [0.25, 0.3) is 0 Å². The van der Waals surface area contributed by atoms with Crippen molar-refractivity contribution >= 4 is 11.3 Å². The largest absolute Gasteiger partial charge is 0.380 e. The summed E-state index contributed by atoms with van der Waals surface area (Å²) in [5.41, 5.74) is 1.88. The molecule has 15 heavy (non-hydrogen) atoms. The van der Waals surface area contributed by atoms with Gasteiger partial charge >= 0.3 is 0 Å². The maximum atomic E-state index is 5.46. The SMILES string of the molecule is CCCNC(COCC)Cc1cncs1. The lowest BCUT2D eigenvalue weighted by atomic mass is 10.2. The Morgan fingerprint density at radius 2 is 2.40 bits per heavy atom. The third kappa shape index (κ3) is 5.25. The quantitative estimate of drug-likeness (QED) is 0.740. The van der Waals surface area contributed by atoms with Crippen LogP contribution in [0.2, 0.25) is 0 Å². The van der Waals surface area contributed by atoms with Gasteiger partial charge in [0.1, 0.15) is 0 Å². The summed E-state index contributed by atoms with van der Waals surface area (Å²) in [4.78, 5) is 5.41. The number of nitrogens with one attached hydrogen (secondary N) is 1. The maximum absolute atomic E-state index is 5.46. The summed E-state index contributed by atoms with van der Waals surface area (Å²) in [6, 6.07) is 0.422. The summed E-state index contributed by atoms with van der Waals surface area (Å²) in [5, 5.41) is 3.50. The van der Waals surface area contributed by atoms with Gasteiger partial charge in [0.2, 0.25) is 0 Å². The first kappa shape index (κ1) is 12.6. The molecule has 0 aliphatic rings. The van der Waals surface area contributed by atoms with Crippen molar-refractivity contribution in [3.05, 3.63) is 16.6 Å². The van der Waals surface area contributed by atoms with Crippen LogP contribution in [0.15, 0.2) is 11.7 Å². The first-order valence-electron chi connectivity index (χ1n) is 5.55. The molecule has 0 amide bonds. The molecule has 0 saturated heterocycles. The van der Waals surface area contributed by atoms with E-state index >= 15 is 0 Å². The Kier molecular flexibility index (Phi) is 6.55. The van der Waals surface area contributed by atoms with Crippen LogP contribution >= 0.6 is 11.3 Å². The van der Waals surface area contributed by atoms with Gasteiger partial charge in [-0.15, -0.1) is 11.3 Å². The van der Waals surface area contributed by atoms with Crippen LogP contribution in [-0.2, 0) is 11.2 Å². The Balaban J connectivity index is 2.33. The molecule has 0 radical (unpaired) electrons. The van der Waals surface area contributed by atoms with Crippen molar-refractivity contribution in [3.8, 4) is 0 Å². The smallest absolute Gasteiger partial charge is 0.0794 e. The fourth-order valence-electron chi connectivity index (χ4n) is 1.38. The van der Waals surface area contributed by atoms with Crippen molar-refractivity contribution in [2.45, 2.75) is 32.7 Å². The standard InChI is InChI=1S/C11H20N2OS/c1-3-5-13-10(8-14-4-2)6-11-7-12-9-15-11/h7,9-10,13H,3-6,8H2,1-2H3. The normalized spacial score (nSPS) is 12.9. The van der Waals surface area contributed by atoms with Crippen LogP contribution in [0.5, 0.6) is 0 Å². The van der Waals surface area contributed by atoms with E-state index in [0.29, 0.717) is 6.04 Å². The van der Waals surface area contributed by atoms with E-state index in [9.17, 15) is 0 Å². The average molecular weight is 228 g/mol. The Morgan fingerprint density at radius 3 is 3.00 bits per heavy atom. The molecular weight excluding hydrogens is 208 g/mol. The second-order valence-corrected chi connectivity index (χ2v) is 4.45. The molecule has 0 aliphatic carbocycles. The Bertz CT molecular complexity index is 231. The second kappa shape index (κ2) is 7.79. The first-order valence-corrected chi connectivity index (χ1v) is 6.43. The van der Waals surface area contributed by atoms with Crippen LogP contribution in [-0.4, -0.2) is 30.8 Å². The lowest BCUT2D eigenvalue weighted by Gasteiger charge is -2.17. The maximum Gasteiger partial charge on any atom is 0.0794 e. The van der Waals surface area contributed by atoms with Gasteiger partial charge in [-0.1, -0.05) is 6.92 Å². The lowest BCUT2D eigenvalue weighted by molar-refractivity contribution is 0.123. The molecule has 0 aromatic carbocycles. The number of hydrogen-bond donors (Lipinski definition) is 1. The van der Waals surface area contributed by atoms with Gasteiger partial charge < -0.3 is 10.1 Å². The van der Waals surface area contributed by atoms with E-state index in [4.69, 9.17) is 4.74 Å². The number of rotatable bonds is 8. The number of nitrogens with zero attached hydrogens (tertiary/aromatic N) is 1. The van der Waals surface area contributed by atoms with Crippen LogP contribution < -0.4 is 5.32 Å². The van der Waals surface area contributed by atoms with Gasteiger partial charge in [-0.05, 0) is 19.9 Å². The van der Waals surface area contributed by atoms with E-state index in [1.807, 2.05) is 18.6 Å². The lowest BCUT2D eigenvalue weighted by Crippen LogP contribution is -2.35. The molecule has 3 nitrogen and oxygen atoms in total. The van der Waals surface area contributed by atoms with Gasteiger partial charge in [0.05, 0.1) is 12.1 Å². The minimum atomic E-state index is 0.422. The Morgan fingerprint density at radius 1 is 1.53 bits per heavy atom. The van der Waals surface area contributed by atoms with E-state index in [-0.39, 0.29) is 0 Å². The fraction of sp³-hybridized carbons (Fsp3) is 0.727. The molecule has 0 spiro atoms. The zero-order chi connectivity index (χ0) is 10.9. The van der Waals surface area contributed by atoms with Crippen molar-refractivity contribution in [3.63, 3.8) is 0 Å². The summed E-state index contributed by atoms with van der Waals surface area (Å²) in [6.07, 6.45) is 4.12. The first-order chi connectivity index (χ1) is 7.36. The molecule has 1 aromatic rings. The third-order valence-electron chi connectivity index (χ3n) is 2.14. The van der Waals surface area contributed by atoms with E-state index in [1.165, 1.54) is 4.88 Å². The van der Waals surface area contributed by atoms with Crippen LogP contribution in [0.1, 0.15) is 25.1 Å². The van der Waals surface area contributed by atoms with Crippen molar-refractivity contribution in [1.82, 2.24) is 10.3 Å². The molecule has 1 unspecified atom stereocenters. The molecule has 0 fully saturated rings. The summed E-state index contributed by atoms with van der Waals surface area (Å²) in [6.45, 7) is 6.83. The second-order valence-electron chi connectivity index (χ2n) is 3.48. The highest BCUT2D eigenvalue weighted by Gasteiger charge is 2.09. The average Bonchev–Trinajstić information content (AvgIpc) is 2.74. The van der Waals surface area contributed by atoms with Crippen LogP contribution in [0.3, 0.4) is 0 Å². The third-order valence-corrected chi connectivity index (χ3v) is 2.94. The van der Waals surface area contributed by atoms with E-state index in [2.05, 4.69) is 17.2 Å². The molecular formula is C11H20N2OS. The molecule has 86 valence electrons. The fourth-order valence-corrected chi connectivity index (χ4v) is 2.06. The van der Waals surface area contributed by atoms with Crippen LogP contribution in [0.4, 0.5) is 0 Å². The topological polar surface area (TPSA) is 34.1 Å². The monoisotopic (exact) mass is 228 g/mol. The Labute approximate surface area is 95.9 Å². The molecule has 0 saturated carbocycles.